The molecule has 0 radical (unpaired) electrons. The van der Waals surface area contributed by atoms with Crippen LogP contribution in [0.1, 0.15) is 24.3 Å². The molecule has 6 nitrogen and oxygen atoms in total. The summed E-state index contributed by atoms with van der Waals surface area (Å²) >= 11 is 0. The fraction of sp³-hybridized carbons (Fsp3) is 0.467. The third-order valence-electron chi connectivity index (χ3n) is 5.28. The minimum absolute atomic E-state index is 0.0650. The molecule has 1 aromatic carbocycles. The van der Waals surface area contributed by atoms with Gasteiger partial charge in [-0.05, 0) is 36.2 Å². The predicted molar refractivity (Wildman–Crippen MR) is 70.1 cm³/mol. The van der Waals surface area contributed by atoms with E-state index in [-0.39, 0.29) is 47.2 Å². The van der Waals surface area contributed by atoms with E-state index in [1.165, 1.54) is 12.1 Å². The number of cyclic esters (lactones) is 2. The topological polar surface area (TPSA) is 86.5 Å². The quantitative estimate of drug-likeness (QED) is 0.359. The molecule has 0 spiro atoms. The van der Waals surface area contributed by atoms with Crippen LogP contribution >= 0.6 is 0 Å². The van der Waals surface area contributed by atoms with Gasteiger partial charge in [0.25, 0.3) is 5.69 Å². The second-order valence-corrected chi connectivity index (χ2v) is 6.14. The van der Waals surface area contributed by atoms with Gasteiger partial charge in [-0.15, -0.1) is 0 Å². The summed E-state index contributed by atoms with van der Waals surface area (Å²) in [7, 11) is 0. The molecule has 1 aliphatic heterocycles. The Morgan fingerprint density at radius 2 is 1.71 bits per heavy atom. The van der Waals surface area contributed by atoms with Gasteiger partial charge in [-0.3, -0.25) is 19.7 Å². The van der Waals surface area contributed by atoms with Crippen LogP contribution in [0.5, 0.6) is 0 Å². The summed E-state index contributed by atoms with van der Waals surface area (Å²) in [6.07, 6.45) is 1.73. The van der Waals surface area contributed by atoms with Crippen LogP contribution in [-0.4, -0.2) is 16.9 Å². The summed E-state index contributed by atoms with van der Waals surface area (Å²) in [5.41, 5.74) is 1.08. The molecular weight excluding hydrogens is 274 g/mol. The van der Waals surface area contributed by atoms with Crippen LogP contribution in [0.25, 0.3) is 0 Å². The molecule has 3 aliphatic rings. The Bertz CT molecular complexity index is 653. The Morgan fingerprint density at radius 3 is 2.38 bits per heavy atom. The SMILES string of the molecule is O=C1OC(=O)[C@H]2[C@H]3C[C@H]([C@@H]12)[C@@H](c1ccc([N+](=O)[O-])cc1)C3. The van der Waals surface area contributed by atoms with Crippen LogP contribution in [0.3, 0.4) is 0 Å². The highest BCUT2D eigenvalue weighted by molar-refractivity contribution is 5.97. The van der Waals surface area contributed by atoms with E-state index in [9.17, 15) is 19.7 Å². The largest absolute Gasteiger partial charge is 0.393 e. The lowest BCUT2D eigenvalue weighted by molar-refractivity contribution is -0.384. The molecule has 1 saturated heterocycles. The summed E-state index contributed by atoms with van der Waals surface area (Å²) in [4.78, 5) is 33.8. The summed E-state index contributed by atoms with van der Waals surface area (Å²) in [5.74, 6) is -0.785. The van der Waals surface area contributed by atoms with Crippen molar-refractivity contribution in [3.05, 3.63) is 39.9 Å². The average Bonchev–Trinajstić information content (AvgIpc) is 3.12. The molecule has 5 atom stereocenters. The number of carbonyl (C=O) groups is 2. The van der Waals surface area contributed by atoms with Crippen molar-refractivity contribution in [2.75, 3.05) is 0 Å². The van der Waals surface area contributed by atoms with Gasteiger partial charge in [-0.1, -0.05) is 12.1 Å². The molecule has 0 unspecified atom stereocenters. The van der Waals surface area contributed by atoms with Crippen LogP contribution < -0.4 is 0 Å². The van der Waals surface area contributed by atoms with Crippen molar-refractivity contribution in [1.29, 1.82) is 0 Å². The number of ether oxygens (including phenoxy) is 1. The Kier molecular flexibility index (Phi) is 2.46. The van der Waals surface area contributed by atoms with Gasteiger partial charge in [0.15, 0.2) is 0 Å². The van der Waals surface area contributed by atoms with E-state index in [4.69, 9.17) is 4.74 Å². The van der Waals surface area contributed by atoms with Crippen LogP contribution in [0, 0.1) is 33.8 Å². The molecule has 4 rings (SSSR count). The number of fused-ring (bicyclic) bond motifs is 5. The molecule has 3 fully saturated rings. The molecule has 2 aliphatic carbocycles. The lowest BCUT2D eigenvalue weighted by Gasteiger charge is -2.27. The number of benzene rings is 1. The van der Waals surface area contributed by atoms with Gasteiger partial charge in [-0.25, -0.2) is 0 Å². The summed E-state index contributed by atoms with van der Waals surface area (Å²) in [5, 5.41) is 10.7. The standard InChI is InChI=1S/C15H13NO5/c17-14-12-8-5-10(11(6-8)13(12)15(18)21-14)7-1-3-9(4-2-7)16(19)20/h1-4,8,10-13H,5-6H2/t8-,10-,11+,12+,13-/m1/s1. The zero-order chi connectivity index (χ0) is 14.7. The van der Waals surface area contributed by atoms with Crippen molar-refractivity contribution in [1.82, 2.24) is 0 Å². The number of carbonyl (C=O) groups excluding carboxylic acids is 2. The van der Waals surface area contributed by atoms with Gasteiger partial charge in [0.1, 0.15) is 0 Å². The van der Waals surface area contributed by atoms with E-state index in [2.05, 4.69) is 0 Å². The molecule has 1 aromatic rings. The summed E-state index contributed by atoms with van der Waals surface area (Å²) in [6.45, 7) is 0. The molecular formula is C15H13NO5. The van der Waals surface area contributed by atoms with Gasteiger partial charge in [0.2, 0.25) is 0 Å². The van der Waals surface area contributed by atoms with Gasteiger partial charge < -0.3 is 4.74 Å². The first-order valence-corrected chi connectivity index (χ1v) is 7.06. The van der Waals surface area contributed by atoms with Crippen molar-refractivity contribution in [2.45, 2.75) is 18.8 Å². The van der Waals surface area contributed by atoms with Gasteiger partial charge in [0, 0.05) is 12.1 Å². The third-order valence-corrected chi connectivity index (χ3v) is 5.28. The zero-order valence-electron chi connectivity index (χ0n) is 11.1. The highest BCUT2D eigenvalue weighted by Crippen LogP contribution is 2.61. The van der Waals surface area contributed by atoms with Crippen molar-refractivity contribution < 1.29 is 19.2 Å². The van der Waals surface area contributed by atoms with Gasteiger partial charge in [0.05, 0.1) is 16.8 Å². The van der Waals surface area contributed by atoms with Crippen molar-refractivity contribution in [3.8, 4) is 0 Å². The predicted octanol–water partition coefficient (Wildman–Crippen LogP) is 2.03. The third kappa shape index (κ3) is 1.65. The normalized spacial score (nSPS) is 36.7. The maximum Gasteiger partial charge on any atom is 0.317 e. The molecule has 0 aromatic heterocycles. The number of rotatable bonds is 2. The Hall–Kier alpha value is -2.24. The summed E-state index contributed by atoms with van der Waals surface area (Å²) < 4.78 is 4.78. The minimum Gasteiger partial charge on any atom is -0.393 e. The Morgan fingerprint density at radius 1 is 1.05 bits per heavy atom. The first-order valence-electron chi connectivity index (χ1n) is 7.06. The first kappa shape index (κ1) is 12.5. The smallest absolute Gasteiger partial charge is 0.317 e. The minimum atomic E-state index is -0.423. The molecule has 108 valence electrons. The van der Waals surface area contributed by atoms with E-state index >= 15 is 0 Å². The van der Waals surface area contributed by atoms with Crippen molar-refractivity contribution in [2.24, 2.45) is 23.7 Å². The molecule has 0 N–H and O–H groups in total. The zero-order valence-corrected chi connectivity index (χ0v) is 11.1. The van der Waals surface area contributed by atoms with E-state index in [1.807, 2.05) is 0 Å². The second kappa shape index (κ2) is 4.13. The number of nitro benzene ring substituents is 1. The number of nitro groups is 1. The fourth-order valence-corrected chi connectivity index (χ4v) is 4.48. The molecule has 2 saturated carbocycles. The van der Waals surface area contributed by atoms with Crippen LogP contribution in [-0.2, 0) is 14.3 Å². The number of hydrogen-bond donors (Lipinski definition) is 0. The molecule has 0 amide bonds. The molecule has 21 heavy (non-hydrogen) atoms. The molecule has 6 heteroatoms. The van der Waals surface area contributed by atoms with E-state index < -0.39 is 4.92 Å². The maximum atomic E-state index is 11.8. The van der Waals surface area contributed by atoms with E-state index in [1.54, 1.807) is 12.1 Å². The van der Waals surface area contributed by atoms with Crippen LogP contribution in [0.2, 0.25) is 0 Å². The highest BCUT2D eigenvalue weighted by Gasteiger charge is 2.63. The number of non-ortho nitro benzene ring substituents is 1. The monoisotopic (exact) mass is 287 g/mol. The Balaban J connectivity index is 1.63. The average molecular weight is 287 g/mol. The summed E-state index contributed by atoms with van der Waals surface area (Å²) in [6, 6.07) is 6.52. The Labute approximate surface area is 120 Å². The van der Waals surface area contributed by atoms with E-state index in [0.717, 1.165) is 18.4 Å². The molecule has 1 heterocycles. The number of nitrogens with zero attached hydrogens (tertiary/aromatic N) is 1. The van der Waals surface area contributed by atoms with Crippen LogP contribution in [0.15, 0.2) is 24.3 Å². The highest BCUT2D eigenvalue weighted by atomic mass is 16.6. The van der Waals surface area contributed by atoms with E-state index in [0.29, 0.717) is 0 Å². The van der Waals surface area contributed by atoms with Gasteiger partial charge in [-0.2, -0.15) is 0 Å². The lowest BCUT2D eigenvalue weighted by Crippen LogP contribution is -2.29. The maximum absolute atomic E-state index is 11.8. The fourth-order valence-electron chi connectivity index (χ4n) is 4.48. The molecule has 2 bridgehead atoms. The van der Waals surface area contributed by atoms with Crippen molar-refractivity contribution in [3.63, 3.8) is 0 Å². The van der Waals surface area contributed by atoms with Crippen molar-refractivity contribution >= 4 is 17.6 Å². The lowest BCUT2D eigenvalue weighted by atomic mass is 9.73. The number of hydrogen-bond acceptors (Lipinski definition) is 5. The number of esters is 2. The van der Waals surface area contributed by atoms with Gasteiger partial charge >= 0.3 is 11.9 Å². The van der Waals surface area contributed by atoms with Crippen LogP contribution in [0.4, 0.5) is 5.69 Å². The second-order valence-electron chi connectivity index (χ2n) is 6.14. The first-order chi connectivity index (χ1) is 10.1.